The van der Waals surface area contributed by atoms with Crippen molar-refractivity contribution in [1.82, 2.24) is 4.31 Å². The predicted molar refractivity (Wildman–Crippen MR) is 78.1 cm³/mol. The Kier molecular flexibility index (Phi) is 5.97. The molecule has 1 rings (SSSR count). The molecule has 7 heteroatoms. The molecule has 20 heavy (non-hydrogen) atoms. The van der Waals surface area contributed by atoms with E-state index in [9.17, 15) is 13.2 Å². The predicted octanol–water partition coefficient (Wildman–Crippen LogP) is 2.16. The fourth-order valence-corrected chi connectivity index (χ4v) is 3.24. The average molecular weight is 300 g/mol. The lowest BCUT2D eigenvalue weighted by Gasteiger charge is -2.22. The van der Waals surface area contributed by atoms with Gasteiger partial charge >= 0.3 is 16.2 Å². The van der Waals surface area contributed by atoms with Gasteiger partial charge in [0.1, 0.15) is 0 Å². The molecule has 0 saturated carbocycles. The van der Waals surface area contributed by atoms with Gasteiger partial charge in [0.15, 0.2) is 0 Å². The highest BCUT2D eigenvalue weighted by Gasteiger charge is 2.22. The van der Waals surface area contributed by atoms with Crippen molar-refractivity contribution in [3.05, 3.63) is 29.8 Å². The zero-order valence-corrected chi connectivity index (χ0v) is 12.5. The van der Waals surface area contributed by atoms with Crippen molar-refractivity contribution in [2.24, 2.45) is 0 Å². The van der Waals surface area contributed by atoms with Crippen LogP contribution in [0.15, 0.2) is 24.3 Å². The van der Waals surface area contributed by atoms with E-state index in [4.69, 9.17) is 5.11 Å². The second-order valence-electron chi connectivity index (χ2n) is 4.36. The molecule has 0 unspecified atom stereocenters. The van der Waals surface area contributed by atoms with Crippen LogP contribution in [-0.2, 0) is 10.2 Å². The molecule has 0 aromatic heterocycles. The van der Waals surface area contributed by atoms with Crippen LogP contribution in [0, 0.1) is 0 Å². The summed E-state index contributed by atoms with van der Waals surface area (Å²) >= 11 is 0. The molecule has 0 aliphatic carbocycles. The molecule has 0 heterocycles. The van der Waals surface area contributed by atoms with Crippen LogP contribution >= 0.6 is 0 Å². The molecule has 1 aromatic carbocycles. The highest BCUT2D eigenvalue weighted by Crippen LogP contribution is 2.18. The third-order valence-electron chi connectivity index (χ3n) is 2.68. The second-order valence-corrected chi connectivity index (χ2v) is 6.03. The lowest BCUT2D eigenvalue weighted by molar-refractivity contribution is 0.0698. The van der Waals surface area contributed by atoms with Crippen LogP contribution in [0.25, 0.3) is 0 Å². The standard InChI is InChI=1S/C13H20N2O4S/c1-3-9-15(10-4-2)20(18,19)14-12-8-6-5-7-11(12)13(16)17/h5-8,14H,3-4,9-10H2,1-2H3,(H,16,17). The van der Waals surface area contributed by atoms with Gasteiger partial charge in [0.05, 0.1) is 11.3 Å². The minimum Gasteiger partial charge on any atom is -0.478 e. The van der Waals surface area contributed by atoms with Crippen LogP contribution in [0.5, 0.6) is 0 Å². The second kappa shape index (κ2) is 7.25. The zero-order chi connectivity index (χ0) is 15.2. The summed E-state index contributed by atoms with van der Waals surface area (Å²) in [6.45, 7) is 4.59. The first-order chi connectivity index (χ1) is 9.42. The molecule has 112 valence electrons. The summed E-state index contributed by atoms with van der Waals surface area (Å²) in [5.74, 6) is -1.17. The van der Waals surface area contributed by atoms with E-state index in [-0.39, 0.29) is 11.3 Å². The molecule has 0 atom stereocenters. The fraction of sp³-hybridized carbons (Fsp3) is 0.462. The Morgan fingerprint density at radius 3 is 2.25 bits per heavy atom. The Hall–Kier alpha value is -1.60. The minimum absolute atomic E-state index is 0.0657. The van der Waals surface area contributed by atoms with E-state index >= 15 is 0 Å². The highest BCUT2D eigenvalue weighted by atomic mass is 32.2. The van der Waals surface area contributed by atoms with Crippen LogP contribution in [0.2, 0.25) is 0 Å². The van der Waals surface area contributed by atoms with Crippen molar-refractivity contribution < 1.29 is 18.3 Å². The van der Waals surface area contributed by atoms with E-state index in [1.165, 1.54) is 16.4 Å². The van der Waals surface area contributed by atoms with Crippen molar-refractivity contribution >= 4 is 21.9 Å². The van der Waals surface area contributed by atoms with Crippen molar-refractivity contribution in [2.45, 2.75) is 26.7 Å². The normalized spacial score (nSPS) is 11.6. The molecule has 2 N–H and O–H groups in total. The first-order valence-corrected chi connectivity index (χ1v) is 7.96. The number of carboxylic acids is 1. The van der Waals surface area contributed by atoms with Crippen LogP contribution < -0.4 is 4.72 Å². The Labute approximate surface area is 119 Å². The molecule has 0 amide bonds. The molecule has 0 saturated heterocycles. The van der Waals surface area contributed by atoms with Gasteiger partial charge in [-0.15, -0.1) is 0 Å². The lowest BCUT2D eigenvalue weighted by atomic mass is 10.2. The number of carboxylic acid groups (broad SMARTS) is 1. The van der Waals surface area contributed by atoms with Gasteiger partial charge in [0.2, 0.25) is 0 Å². The number of nitrogens with zero attached hydrogens (tertiary/aromatic N) is 1. The lowest BCUT2D eigenvalue weighted by Crippen LogP contribution is -2.37. The molecule has 0 aliphatic heterocycles. The number of hydrogen-bond acceptors (Lipinski definition) is 3. The van der Waals surface area contributed by atoms with E-state index in [1.807, 2.05) is 13.8 Å². The number of aromatic carboxylic acids is 1. The number of benzene rings is 1. The maximum Gasteiger partial charge on any atom is 0.337 e. The maximum absolute atomic E-state index is 12.3. The van der Waals surface area contributed by atoms with E-state index in [2.05, 4.69) is 4.72 Å². The van der Waals surface area contributed by atoms with Crippen molar-refractivity contribution in [2.75, 3.05) is 17.8 Å². The van der Waals surface area contributed by atoms with E-state index in [0.717, 1.165) is 0 Å². The van der Waals surface area contributed by atoms with Gasteiger partial charge in [-0.2, -0.15) is 12.7 Å². The summed E-state index contributed by atoms with van der Waals surface area (Å²) < 4.78 is 28.2. The van der Waals surface area contributed by atoms with Crippen molar-refractivity contribution in [3.63, 3.8) is 0 Å². The molecule has 0 fully saturated rings. The van der Waals surface area contributed by atoms with Crippen molar-refractivity contribution in [3.8, 4) is 0 Å². The Balaban J connectivity index is 3.03. The van der Waals surface area contributed by atoms with Gasteiger partial charge in [0.25, 0.3) is 0 Å². The summed E-state index contributed by atoms with van der Waals surface area (Å²) in [5, 5.41) is 9.06. The quantitative estimate of drug-likeness (QED) is 0.770. The van der Waals surface area contributed by atoms with Gasteiger partial charge in [-0.05, 0) is 25.0 Å². The zero-order valence-electron chi connectivity index (χ0n) is 11.7. The minimum atomic E-state index is -3.74. The third-order valence-corrected chi connectivity index (χ3v) is 4.21. The Morgan fingerprint density at radius 1 is 1.20 bits per heavy atom. The maximum atomic E-state index is 12.3. The molecule has 0 radical (unpaired) electrons. The Bertz CT molecular complexity index is 551. The van der Waals surface area contributed by atoms with Crippen LogP contribution in [0.1, 0.15) is 37.0 Å². The number of hydrogen-bond donors (Lipinski definition) is 2. The molecule has 0 spiro atoms. The summed E-state index contributed by atoms with van der Waals surface area (Å²) in [4.78, 5) is 11.1. The van der Waals surface area contributed by atoms with Gasteiger partial charge in [-0.3, -0.25) is 4.72 Å². The van der Waals surface area contributed by atoms with Crippen LogP contribution in [-0.4, -0.2) is 36.9 Å². The molecule has 0 aliphatic rings. The van der Waals surface area contributed by atoms with Gasteiger partial charge in [-0.1, -0.05) is 26.0 Å². The largest absolute Gasteiger partial charge is 0.478 e. The van der Waals surface area contributed by atoms with E-state index in [0.29, 0.717) is 25.9 Å². The van der Waals surface area contributed by atoms with Gasteiger partial charge in [-0.25, -0.2) is 4.79 Å². The molecular weight excluding hydrogens is 280 g/mol. The molecule has 6 nitrogen and oxygen atoms in total. The third kappa shape index (κ3) is 4.21. The SMILES string of the molecule is CCCN(CCC)S(=O)(=O)Nc1ccccc1C(=O)O. The van der Waals surface area contributed by atoms with Crippen LogP contribution in [0.4, 0.5) is 5.69 Å². The monoisotopic (exact) mass is 300 g/mol. The topological polar surface area (TPSA) is 86.7 Å². The molecular formula is C13H20N2O4S. The number of nitrogens with one attached hydrogen (secondary N) is 1. The van der Waals surface area contributed by atoms with E-state index in [1.54, 1.807) is 12.1 Å². The summed E-state index contributed by atoms with van der Waals surface area (Å²) in [6.07, 6.45) is 1.39. The highest BCUT2D eigenvalue weighted by molar-refractivity contribution is 7.90. The summed E-state index contributed by atoms with van der Waals surface area (Å²) in [6, 6.07) is 5.95. The molecule has 1 aromatic rings. The number of para-hydroxylation sites is 1. The Morgan fingerprint density at radius 2 is 1.75 bits per heavy atom. The number of rotatable bonds is 8. The average Bonchev–Trinajstić information content (AvgIpc) is 2.38. The van der Waals surface area contributed by atoms with Gasteiger partial charge < -0.3 is 5.11 Å². The molecule has 0 bridgehead atoms. The number of anilines is 1. The number of carbonyl (C=O) groups is 1. The van der Waals surface area contributed by atoms with Crippen molar-refractivity contribution in [1.29, 1.82) is 0 Å². The van der Waals surface area contributed by atoms with Crippen LogP contribution in [0.3, 0.4) is 0 Å². The summed E-state index contributed by atoms with van der Waals surface area (Å²) in [7, 11) is -3.74. The first kappa shape index (κ1) is 16.5. The fourth-order valence-electron chi connectivity index (χ4n) is 1.81. The van der Waals surface area contributed by atoms with Gasteiger partial charge in [0, 0.05) is 13.1 Å². The summed E-state index contributed by atoms with van der Waals surface area (Å²) in [5.41, 5.74) is 0.0150. The van der Waals surface area contributed by atoms with E-state index < -0.39 is 16.2 Å². The first-order valence-electron chi connectivity index (χ1n) is 6.52. The smallest absolute Gasteiger partial charge is 0.337 e.